The second-order valence-corrected chi connectivity index (χ2v) is 4.91. The number of nitrogens with one attached hydrogen (secondary N) is 2. The third-order valence-corrected chi connectivity index (χ3v) is 3.45. The number of nitrogens with zero attached hydrogens (tertiary/aromatic N) is 1. The van der Waals surface area contributed by atoms with Crippen LogP contribution in [0.4, 0.5) is 0 Å². The molecule has 2 aliphatic rings. The van der Waals surface area contributed by atoms with Crippen LogP contribution >= 0.6 is 0 Å². The first-order valence-corrected chi connectivity index (χ1v) is 6.53. The first kappa shape index (κ1) is 13.3. The number of rotatable bonds is 4. The van der Waals surface area contributed by atoms with Crippen LogP contribution in [0.5, 0.6) is 0 Å². The van der Waals surface area contributed by atoms with Gasteiger partial charge in [0.25, 0.3) is 0 Å². The Labute approximate surface area is 107 Å². The lowest BCUT2D eigenvalue weighted by atomic mass is 10.1. The first-order chi connectivity index (χ1) is 8.66. The van der Waals surface area contributed by atoms with E-state index in [1.54, 1.807) is 11.9 Å². The highest BCUT2D eigenvalue weighted by atomic mass is 16.5. The Morgan fingerprint density at radius 3 is 3.17 bits per heavy atom. The Bertz CT molecular complexity index is 316. The summed E-state index contributed by atoms with van der Waals surface area (Å²) in [6, 6.07) is -0.381. The minimum Gasteiger partial charge on any atom is -0.376 e. The van der Waals surface area contributed by atoms with E-state index in [2.05, 4.69) is 10.6 Å². The number of hydrogen-bond donors (Lipinski definition) is 2. The molecule has 0 saturated carbocycles. The van der Waals surface area contributed by atoms with Crippen LogP contribution in [0, 0.1) is 0 Å². The molecular weight excluding hydrogens is 234 g/mol. The minimum atomic E-state index is -0.381. The molecule has 2 aliphatic heterocycles. The largest absolute Gasteiger partial charge is 0.376 e. The van der Waals surface area contributed by atoms with E-state index < -0.39 is 0 Å². The molecule has 0 aromatic rings. The quantitative estimate of drug-likeness (QED) is 0.683. The van der Waals surface area contributed by atoms with E-state index in [1.165, 1.54) is 0 Å². The molecule has 6 nitrogen and oxygen atoms in total. The van der Waals surface area contributed by atoms with Crippen molar-refractivity contribution in [2.45, 2.75) is 31.4 Å². The lowest BCUT2D eigenvalue weighted by Crippen LogP contribution is -2.55. The predicted molar refractivity (Wildman–Crippen MR) is 66.0 cm³/mol. The van der Waals surface area contributed by atoms with E-state index in [-0.39, 0.29) is 30.4 Å². The number of carbonyl (C=O) groups is 2. The molecular formula is C12H21N3O3. The fourth-order valence-corrected chi connectivity index (χ4v) is 2.32. The molecule has 2 unspecified atom stereocenters. The molecule has 2 rings (SSSR count). The second kappa shape index (κ2) is 6.15. The summed E-state index contributed by atoms with van der Waals surface area (Å²) < 4.78 is 5.43. The Kier molecular flexibility index (Phi) is 4.54. The Morgan fingerprint density at radius 1 is 1.61 bits per heavy atom. The van der Waals surface area contributed by atoms with Crippen molar-refractivity contribution in [3.05, 3.63) is 0 Å². The molecule has 18 heavy (non-hydrogen) atoms. The number of carbonyl (C=O) groups excluding carboxylic acids is 2. The van der Waals surface area contributed by atoms with Gasteiger partial charge in [-0.25, -0.2) is 0 Å². The van der Waals surface area contributed by atoms with Crippen LogP contribution in [0.25, 0.3) is 0 Å². The van der Waals surface area contributed by atoms with Gasteiger partial charge in [-0.3, -0.25) is 9.59 Å². The molecule has 0 radical (unpaired) electrons. The van der Waals surface area contributed by atoms with Crippen molar-refractivity contribution in [2.75, 3.05) is 33.3 Å². The minimum absolute atomic E-state index is 0.00600. The summed E-state index contributed by atoms with van der Waals surface area (Å²) in [6.07, 6.45) is 2.42. The molecule has 102 valence electrons. The summed E-state index contributed by atoms with van der Waals surface area (Å²) in [5.41, 5.74) is 0. The number of hydrogen-bond acceptors (Lipinski definition) is 4. The van der Waals surface area contributed by atoms with Gasteiger partial charge in [0.05, 0.1) is 18.6 Å². The van der Waals surface area contributed by atoms with Crippen molar-refractivity contribution >= 4 is 11.8 Å². The van der Waals surface area contributed by atoms with Crippen LogP contribution in [0.3, 0.4) is 0 Å². The molecule has 0 bridgehead atoms. The van der Waals surface area contributed by atoms with Crippen LogP contribution in [0.2, 0.25) is 0 Å². The summed E-state index contributed by atoms with van der Waals surface area (Å²) >= 11 is 0. The summed E-state index contributed by atoms with van der Waals surface area (Å²) in [5.74, 6) is -0.0971. The van der Waals surface area contributed by atoms with E-state index in [9.17, 15) is 9.59 Å². The van der Waals surface area contributed by atoms with E-state index in [1.807, 2.05) is 0 Å². The van der Waals surface area contributed by atoms with Gasteiger partial charge in [0, 0.05) is 33.3 Å². The zero-order valence-electron chi connectivity index (χ0n) is 10.8. The Balaban J connectivity index is 1.71. The molecule has 2 fully saturated rings. The van der Waals surface area contributed by atoms with Crippen molar-refractivity contribution in [2.24, 2.45) is 0 Å². The molecule has 0 spiro atoms. The normalized spacial score (nSPS) is 28.5. The van der Waals surface area contributed by atoms with Crippen molar-refractivity contribution in [1.29, 1.82) is 0 Å². The van der Waals surface area contributed by atoms with E-state index in [0.29, 0.717) is 13.1 Å². The fraction of sp³-hybridized carbons (Fsp3) is 0.833. The maximum absolute atomic E-state index is 11.8. The fourth-order valence-electron chi connectivity index (χ4n) is 2.32. The van der Waals surface area contributed by atoms with E-state index in [4.69, 9.17) is 4.74 Å². The molecule has 0 aliphatic carbocycles. The number of amides is 2. The van der Waals surface area contributed by atoms with Crippen molar-refractivity contribution < 1.29 is 14.3 Å². The topological polar surface area (TPSA) is 70.7 Å². The molecule has 2 atom stereocenters. The van der Waals surface area contributed by atoms with Crippen molar-refractivity contribution in [3.8, 4) is 0 Å². The standard InChI is InChI=1S/C12H21N3O3/c1-15-5-4-13-10(12(15)17)7-11(16)14-8-9-3-2-6-18-9/h9-10,13H,2-8H2,1H3,(H,14,16). The van der Waals surface area contributed by atoms with E-state index in [0.717, 1.165) is 26.0 Å². The molecule has 0 aromatic carbocycles. The van der Waals surface area contributed by atoms with Crippen LogP contribution in [-0.2, 0) is 14.3 Å². The number of likely N-dealkylation sites (N-methyl/N-ethyl adjacent to an activating group) is 1. The molecule has 6 heteroatoms. The first-order valence-electron chi connectivity index (χ1n) is 6.53. The van der Waals surface area contributed by atoms with Crippen LogP contribution < -0.4 is 10.6 Å². The van der Waals surface area contributed by atoms with Gasteiger partial charge in [-0.15, -0.1) is 0 Å². The maximum Gasteiger partial charge on any atom is 0.240 e. The number of ether oxygens (including phenoxy) is 1. The Morgan fingerprint density at radius 2 is 2.44 bits per heavy atom. The van der Waals surface area contributed by atoms with Gasteiger partial charge in [0.15, 0.2) is 0 Å². The monoisotopic (exact) mass is 255 g/mol. The third kappa shape index (κ3) is 3.43. The van der Waals surface area contributed by atoms with Crippen molar-refractivity contribution in [1.82, 2.24) is 15.5 Å². The van der Waals surface area contributed by atoms with E-state index >= 15 is 0 Å². The van der Waals surface area contributed by atoms with Gasteiger partial charge in [0.1, 0.15) is 0 Å². The van der Waals surface area contributed by atoms with Gasteiger partial charge in [-0.2, -0.15) is 0 Å². The summed E-state index contributed by atoms with van der Waals surface area (Å²) in [4.78, 5) is 25.2. The molecule has 2 saturated heterocycles. The average molecular weight is 255 g/mol. The van der Waals surface area contributed by atoms with Gasteiger partial charge in [-0.05, 0) is 12.8 Å². The number of piperazine rings is 1. The molecule has 2 N–H and O–H groups in total. The van der Waals surface area contributed by atoms with Gasteiger partial charge >= 0.3 is 0 Å². The smallest absolute Gasteiger partial charge is 0.240 e. The zero-order valence-corrected chi connectivity index (χ0v) is 10.8. The van der Waals surface area contributed by atoms with Crippen LogP contribution in [0.1, 0.15) is 19.3 Å². The highest BCUT2D eigenvalue weighted by Gasteiger charge is 2.28. The summed E-state index contributed by atoms with van der Waals surface area (Å²) in [6.45, 7) is 2.78. The lowest BCUT2D eigenvalue weighted by molar-refractivity contribution is -0.137. The maximum atomic E-state index is 11.8. The highest BCUT2D eigenvalue weighted by Crippen LogP contribution is 2.10. The second-order valence-electron chi connectivity index (χ2n) is 4.91. The van der Waals surface area contributed by atoms with Gasteiger partial charge in [-0.1, -0.05) is 0 Å². The lowest BCUT2D eigenvalue weighted by Gasteiger charge is -2.30. The zero-order chi connectivity index (χ0) is 13.0. The summed E-state index contributed by atoms with van der Waals surface area (Å²) in [7, 11) is 1.76. The molecule has 2 amide bonds. The third-order valence-electron chi connectivity index (χ3n) is 3.45. The van der Waals surface area contributed by atoms with Gasteiger partial charge in [0.2, 0.25) is 11.8 Å². The SMILES string of the molecule is CN1CCNC(CC(=O)NCC2CCCO2)C1=O. The van der Waals surface area contributed by atoms with Gasteiger partial charge < -0.3 is 20.3 Å². The van der Waals surface area contributed by atoms with Crippen LogP contribution in [-0.4, -0.2) is 62.1 Å². The van der Waals surface area contributed by atoms with Crippen molar-refractivity contribution in [3.63, 3.8) is 0 Å². The highest BCUT2D eigenvalue weighted by molar-refractivity contribution is 5.88. The predicted octanol–water partition coefficient (Wildman–Crippen LogP) is -0.898. The average Bonchev–Trinajstić information content (AvgIpc) is 2.86. The molecule has 0 aromatic heterocycles. The molecule has 2 heterocycles. The van der Waals surface area contributed by atoms with Crippen LogP contribution in [0.15, 0.2) is 0 Å². The summed E-state index contributed by atoms with van der Waals surface area (Å²) in [5, 5.41) is 5.91. The Hall–Kier alpha value is -1.14.